The van der Waals surface area contributed by atoms with Gasteiger partial charge in [-0.3, -0.25) is 9.59 Å². The summed E-state index contributed by atoms with van der Waals surface area (Å²) in [6.07, 6.45) is 0.395. The van der Waals surface area contributed by atoms with Crippen molar-refractivity contribution in [2.75, 3.05) is 39.0 Å². The van der Waals surface area contributed by atoms with Crippen molar-refractivity contribution in [2.45, 2.75) is 13.0 Å². The van der Waals surface area contributed by atoms with E-state index in [4.69, 9.17) is 9.84 Å². The summed E-state index contributed by atoms with van der Waals surface area (Å²) in [7, 11) is -3.68. The van der Waals surface area contributed by atoms with Gasteiger partial charge in [-0.15, -0.1) is 0 Å². The molecule has 1 N–H and O–H groups in total. The highest BCUT2D eigenvalue weighted by atomic mass is 32.2. The summed E-state index contributed by atoms with van der Waals surface area (Å²) in [6, 6.07) is 0. The van der Waals surface area contributed by atoms with E-state index in [2.05, 4.69) is 0 Å². The van der Waals surface area contributed by atoms with Gasteiger partial charge in [-0.2, -0.15) is 15.6 Å². The SMILES string of the molecule is Cc1cscc1C(=O)N1CCOC(CN(CC(=O)O)S(C)(=O)=O)C1. The Bertz CT molecular complexity index is 715. The first-order valence-corrected chi connectivity index (χ1v) is 10.1. The van der Waals surface area contributed by atoms with Crippen LogP contribution in [0, 0.1) is 6.92 Å². The van der Waals surface area contributed by atoms with Crippen LogP contribution in [0.2, 0.25) is 0 Å². The topological polar surface area (TPSA) is 104 Å². The Balaban J connectivity index is 2.05. The fourth-order valence-electron chi connectivity index (χ4n) is 2.46. The minimum atomic E-state index is -3.68. The second kappa shape index (κ2) is 7.60. The molecule has 0 aromatic carbocycles. The number of morpholine rings is 1. The maximum absolute atomic E-state index is 12.5. The molecule has 134 valence electrons. The monoisotopic (exact) mass is 376 g/mol. The van der Waals surface area contributed by atoms with Gasteiger partial charge in [0, 0.05) is 25.0 Å². The lowest BCUT2D eigenvalue weighted by Crippen LogP contribution is -2.51. The maximum Gasteiger partial charge on any atom is 0.318 e. The minimum absolute atomic E-state index is 0.0997. The van der Waals surface area contributed by atoms with Crippen LogP contribution in [-0.2, 0) is 19.6 Å². The number of carboxylic acids is 1. The zero-order valence-corrected chi connectivity index (χ0v) is 15.1. The molecule has 0 aliphatic carbocycles. The molecule has 1 aliphatic heterocycles. The Morgan fingerprint density at radius 2 is 2.17 bits per heavy atom. The van der Waals surface area contributed by atoms with Gasteiger partial charge in [-0.25, -0.2) is 8.42 Å². The molecular weight excluding hydrogens is 356 g/mol. The van der Waals surface area contributed by atoms with Gasteiger partial charge in [0.2, 0.25) is 10.0 Å². The molecule has 1 atom stereocenters. The molecule has 8 nitrogen and oxygen atoms in total. The molecule has 2 heterocycles. The summed E-state index contributed by atoms with van der Waals surface area (Å²) in [6.45, 7) is 2.06. The molecule has 1 saturated heterocycles. The van der Waals surface area contributed by atoms with E-state index in [0.717, 1.165) is 16.1 Å². The van der Waals surface area contributed by atoms with Crippen LogP contribution in [0.15, 0.2) is 10.8 Å². The summed E-state index contributed by atoms with van der Waals surface area (Å²) in [4.78, 5) is 25.0. The fourth-order valence-corrected chi connectivity index (χ4v) is 4.06. The number of carbonyl (C=O) groups excluding carboxylic acids is 1. The number of amides is 1. The first kappa shape index (κ1) is 18.8. The maximum atomic E-state index is 12.5. The quantitative estimate of drug-likeness (QED) is 0.763. The average molecular weight is 376 g/mol. The number of ether oxygens (including phenoxy) is 1. The minimum Gasteiger partial charge on any atom is -0.480 e. The Kier molecular flexibility index (Phi) is 5.97. The van der Waals surface area contributed by atoms with Crippen LogP contribution in [0.4, 0.5) is 0 Å². The van der Waals surface area contributed by atoms with Crippen molar-refractivity contribution >= 4 is 33.2 Å². The van der Waals surface area contributed by atoms with Gasteiger partial charge < -0.3 is 14.7 Å². The summed E-state index contributed by atoms with van der Waals surface area (Å²) in [5.41, 5.74) is 1.53. The van der Waals surface area contributed by atoms with E-state index in [1.807, 2.05) is 12.3 Å². The third-order valence-corrected chi connectivity index (χ3v) is 5.78. The van der Waals surface area contributed by atoms with Crippen molar-refractivity contribution in [2.24, 2.45) is 0 Å². The van der Waals surface area contributed by atoms with Crippen molar-refractivity contribution < 1.29 is 27.9 Å². The van der Waals surface area contributed by atoms with Gasteiger partial charge in [0.1, 0.15) is 6.54 Å². The third kappa shape index (κ3) is 4.76. The molecule has 1 aromatic rings. The van der Waals surface area contributed by atoms with Crippen LogP contribution in [0.25, 0.3) is 0 Å². The number of carbonyl (C=O) groups is 2. The Morgan fingerprint density at radius 3 is 2.71 bits per heavy atom. The molecule has 1 aliphatic rings. The molecule has 0 saturated carbocycles. The van der Waals surface area contributed by atoms with Gasteiger partial charge >= 0.3 is 5.97 Å². The molecule has 1 amide bonds. The lowest BCUT2D eigenvalue weighted by atomic mass is 10.1. The van der Waals surface area contributed by atoms with E-state index in [1.54, 1.807) is 10.3 Å². The van der Waals surface area contributed by atoms with E-state index >= 15 is 0 Å². The molecule has 1 aromatic heterocycles. The predicted molar refractivity (Wildman–Crippen MR) is 88.8 cm³/mol. The molecule has 24 heavy (non-hydrogen) atoms. The molecule has 2 rings (SSSR count). The van der Waals surface area contributed by atoms with Gasteiger partial charge in [0.05, 0.1) is 24.5 Å². The molecule has 0 radical (unpaired) electrons. The number of hydrogen-bond acceptors (Lipinski definition) is 6. The Morgan fingerprint density at radius 1 is 1.46 bits per heavy atom. The van der Waals surface area contributed by atoms with E-state index < -0.39 is 28.6 Å². The highest BCUT2D eigenvalue weighted by Crippen LogP contribution is 2.18. The average Bonchev–Trinajstić information content (AvgIpc) is 2.91. The Labute approximate surface area is 144 Å². The lowest BCUT2D eigenvalue weighted by molar-refractivity contribution is -0.137. The second-order valence-electron chi connectivity index (χ2n) is 5.66. The van der Waals surface area contributed by atoms with E-state index in [9.17, 15) is 18.0 Å². The Hall–Kier alpha value is -1.49. The summed E-state index contributed by atoms with van der Waals surface area (Å²) >= 11 is 1.45. The molecule has 0 bridgehead atoms. The number of carboxylic acid groups (broad SMARTS) is 1. The molecular formula is C14H20N2O6S2. The van der Waals surface area contributed by atoms with Crippen molar-refractivity contribution in [1.82, 2.24) is 9.21 Å². The second-order valence-corrected chi connectivity index (χ2v) is 8.39. The largest absolute Gasteiger partial charge is 0.480 e. The van der Waals surface area contributed by atoms with Gasteiger partial charge in [-0.1, -0.05) is 0 Å². The summed E-state index contributed by atoms with van der Waals surface area (Å²) in [5.74, 6) is -1.36. The standard InChI is InChI=1S/C14H20N2O6S2/c1-10-8-23-9-12(10)14(19)15-3-4-22-11(5-15)6-16(7-13(17)18)24(2,20)21/h8-9,11H,3-7H2,1-2H3,(H,17,18). The zero-order valence-electron chi connectivity index (χ0n) is 13.5. The first-order chi connectivity index (χ1) is 11.2. The van der Waals surface area contributed by atoms with Crippen LogP contribution in [0.5, 0.6) is 0 Å². The van der Waals surface area contributed by atoms with Crippen molar-refractivity contribution in [1.29, 1.82) is 0 Å². The fraction of sp³-hybridized carbons (Fsp3) is 0.571. The predicted octanol–water partition coefficient (Wildman–Crippen LogP) is 0.244. The normalized spacial score (nSPS) is 18.8. The number of sulfonamides is 1. The highest BCUT2D eigenvalue weighted by molar-refractivity contribution is 7.88. The number of rotatable bonds is 6. The smallest absolute Gasteiger partial charge is 0.318 e. The summed E-state index contributed by atoms with van der Waals surface area (Å²) < 4.78 is 29.8. The molecule has 1 fully saturated rings. The van der Waals surface area contributed by atoms with Crippen LogP contribution in [0.3, 0.4) is 0 Å². The number of aliphatic carboxylic acids is 1. The van der Waals surface area contributed by atoms with Gasteiger partial charge in [-0.05, 0) is 17.9 Å². The first-order valence-electron chi connectivity index (χ1n) is 7.29. The number of aryl methyl sites for hydroxylation is 1. The highest BCUT2D eigenvalue weighted by Gasteiger charge is 2.30. The molecule has 0 spiro atoms. The van der Waals surface area contributed by atoms with E-state index in [1.165, 1.54) is 11.3 Å². The molecule has 10 heteroatoms. The number of hydrogen-bond donors (Lipinski definition) is 1. The molecule has 1 unspecified atom stereocenters. The zero-order chi connectivity index (χ0) is 17.9. The third-order valence-electron chi connectivity index (χ3n) is 3.70. The van der Waals surface area contributed by atoms with Crippen molar-refractivity contribution in [3.05, 3.63) is 21.9 Å². The lowest BCUT2D eigenvalue weighted by Gasteiger charge is -2.34. The van der Waals surface area contributed by atoms with Crippen LogP contribution < -0.4 is 0 Å². The van der Waals surface area contributed by atoms with Gasteiger partial charge in [0.25, 0.3) is 5.91 Å². The van der Waals surface area contributed by atoms with Crippen LogP contribution in [-0.4, -0.2) is 79.8 Å². The van der Waals surface area contributed by atoms with Crippen LogP contribution in [0.1, 0.15) is 15.9 Å². The van der Waals surface area contributed by atoms with Crippen molar-refractivity contribution in [3.63, 3.8) is 0 Å². The number of thiophene rings is 1. The number of nitrogens with zero attached hydrogens (tertiary/aromatic N) is 2. The van der Waals surface area contributed by atoms with E-state index in [-0.39, 0.29) is 25.6 Å². The van der Waals surface area contributed by atoms with Crippen LogP contribution >= 0.6 is 11.3 Å². The van der Waals surface area contributed by atoms with Gasteiger partial charge in [0.15, 0.2) is 0 Å². The van der Waals surface area contributed by atoms with E-state index in [0.29, 0.717) is 12.1 Å². The summed E-state index contributed by atoms with van der Waals surface area (Å²) in [5, 5.41) is 12.5. The van der Waals surface area contributed by atoms with Crippen molar-refractivity contribution in [3.8, 4) is 0 Å².